The van der Waals surface area contributed by atoms with Crippen LogP contribution in [0.15, 0.2) is 24.3 Å². The molecule has 1 aliphatic rings. The molecule has 1 saturated heterocycles. The number of aromatic amines is 1. The van der Waals surface area contributed by atoms with Crippen LogP contribution in [0.3, 0.4) is 0 Å². The van der Waals surface area contributed by atoms with E-state index >= 15 is 0 Å². The summed E-state index contributed by atoms with van der Waals surface area (Å²) in [6, 6.07) is 7.05. The van der Waals surface area contributed by atoms with Gasteiger partial charge in [0.15, 0.2) is 5.82 Å². The van der Waals surface area contributed by atoms with Crippen molar-refractivity contribution in [1.82, 2.24) is 25.4 Å². The van der Waals surface area contributed by atoms with Gasteiger partial charge in [-0.15, -0.1) is 0 Å². The third kappa shape index (κ3) is 3.22. The molecular weight excluding hydrogens is 302 g/mol. The normalized spacial score (nSPS) is 15.8. The monoisotopic (exact) mass is 319 g/mol. The Morgan fingerprint density at radius 1 is 1.32 bits per heavy atom. The highest BCUT2D eigenvalue weighted by Gasteiger charge is 2.21. The lowest BCUT2D eigenvalue weighted by Gasteiger charge is -2.19. The van der Waals surface area contributed by atoms with E-state index in [-0.39, 0.29) is 12.1 Å². The van der Waals surface area contributed by atoms with E-state index in [1.807, 2.05) is 24.0 Å². The number of nitrogens with one attached hydrogen (secondary N) is 2. The lowest BCUT2D eigenvalue weighted by atomic mass is 10.2. The number of aromatic nitrogens is 3. The second-order valence-electron chi connectivity index (χ2n) is 5.42. The number of hydrogen-bond donors (Lipinski definition) is 2. The molecule has 2 aromatic rings. The lowest BCUT2D eigenvalue weighted by molar-refractivity contribution is 0.205. The Labute approximate surface area is 133 Å². The minimum atomic E-state index is -0.221. The van der Waals surface area contributed by atoms with Gasteiger partial charge in [0, 0.05) is 23.7 Å². The van der Waals surface area contributed by atoms with Gasteiger partial charge < -0.3 is 10.2 Å². The van der Waals surface area contributed by atoms with Crippen molar-refractivity contribution < 1.29 is 4.79 Å². The van der Waals surface area contributed by atoms with E-state index in [4.69, 9.17) is 11.6 Å². The number of H-pyrrole nitrogens is 1. The highest BCUT2D eigenvalue weighted by molar-refractivity contribution is 6.30. The van der Waals surface area contributed by atoms with Gasteiger partial charge in [-0.1, -0.05) is 11.6 Å². The molecule has 0 spiro atoms. The smallest absolute Gasteiger partial charge is 0.317 e. The molecule has 116 valence electrons. The standard InChI is InChI=1S/C15H18ClN5O/c1-10(17-15(22)21-8-2-3-9-21)13-18-14(20-19-13)11-4-6-12(16)7-5-11/h4-7,10H,2-3,8-9H2,1H3,(H,17,22)(H,18,19,20). The molecule has 2 heterocycles. The van der Waals surface area contributed by atoms with Crippen LogP contribution in [0.5, 0.6) is 0 Å². The third-order valence-corrected chi connectivity index (χ3v) is 4.00. The first kappa shape index (κ1) is 14.8. The summed E-state index contributed by atoms with van der Waals surface area (Å²) in [5.41, 5.74) is 0.880. The Morgan fingerprint density at radius 3 is 2.68 bits per heavy atom. The van der Waals surface area contributed by atoms with E-state index in [9.17, 15) is 4.79 Å². The minimum absolute atomic E-state index is 0.0468. The molecule has 2 amide bonds. The Morgan fingerprint density at radius 2 is 2.00 bits per heavy atom. The summed E-state index contributed by atoms with van der Waals surface area (Å²) >= 11 is 5.87. The van der Waals surface area contributed by atoms with Crippen molar-refractivity contribution >= 4 is 17.6 Å². The number of halogens is 1. The molecule has 0 saturated carbocycles. The maximum atomic E-state index is 12.1. The molecule has 3 rings (SSSR count). The molecule has 0 radical (unpaired) electrons. The van der Waals surface area contributed by atoms with Gasteiger partial charge in [0.2, 0.25) is 0 Å². The summed E-state index contributed by atoms with van der Waals surface area (Å²) < 4.78 is 0. The molecule has 7 heteroatoms. The summed E-state index contributed by atoms with van der Waals surface area (Å²) in [7, 11) is 0. The molecule has 1 aliphatic heterocycles. The zero-order valence-corrected chi connectivity index (χ0v) is 13.1. The number of hydrogen-bond acceptors (Lipinski definition) is 3. The SMILES string of the molecule is CC(NC(=O)N1CCCC1)c1nc(-c2ccc(Cl)cc2)n[nH]1. The van der Waals surface area contributed by atoms with Gasteiger partial charge in [0.1, 0.15) is 5.82 Å². The number of urea groups is 1. The van der Waals surface area contributed by atoms with Gasteiger partial charge in [0.25, 0.3) is 0 Å². The topological polar surface area (TPSA) is 73.9 Å². The quantitative estimate of drug-likeness (QED) is 0.913. The number of nitrogens with zero attached hydrogens (tertiary/aromatic N) is 3. The molecule has 1 aromatic heterocycles. The fourth-order valence-corrected chi connectivity index (χ4v) is 2.59. The van der Waals surface area contributed by atoms with Crippen molar-refractivity contribution in [2.24, 2.45) is 0 Å². The second-order valence-corrected chi connectivity index (χ2v) is 5.85. The molecule has 22 heavy (non-hydrogen) atoms. The largest absolute Gasteiger partial charge is 0.328 e. The van der Waals surface area contributed by atoms with Crippen LogP contribution in [0.2, 0.25) is 5.02 Å². The first-order chi connectivity index (χ1) is 10.6. The number of amides is 2. The third-order valence-electron chi connectivity index (χ3n) is 3.75. The number of likely N-dealkylation sites (tertiary alicyclic amines) is 1. The molecule has 1 atom stereocenters. The summed E-state index contributed by atoms with van der Waals surface area (Å²) in [4.78, 5) is 18.4. The predicted octanol–water partition coefficient (Wildman–Crippen LogP) is 2.99. The van der Waals surface area contributed by atoms with E-state index in [2.05, 4.69) is 20.5 Å². The van der Waals surface area contributed by atoms with Gasteiger partial charge in [0.05, 0.1) is 6.04 Å². The number of benzene rings is 1. The molecule has 1 fully saturated rings. The lowest BCUT2D eigenvalue weighted by Crippen LogP contribution is -2.39. The zero-order chi connectivity index (χ0) is 15.5. The summed E-state index contributed by atoms with van der Waals surface area (Å²) in [5.74, 6) is 1.23. The maximum Gasteiger partial charge on any atom is 0.317 e. The maximum absolute atomic E-state index is 12.1. The Kier molecular flexibility index (Phi) is 4.29. The van der Waals surface area contributed by atoms with Crippen LogP contribution in [-0.2, 0) is 0 Å². The van der Waals surface area contributed by atoms with Gasteiger partial charge in [-0.2, -0.15) is 5.10 Å². The Bertz CT molecular complexity index is 648. The first-order valence-electron chi connectivity index (χ1n) is 7.37. The molecule has 1 aromatic carbocycles. The van der Waals surface area contributed by atoms with Crippen LogP contribution in [0.4, 0.5) is 4.79 Å². The van der Waals surface area contributed by atoms with Crippen molar-refractivity contribution in [1.29, 1.82) is 0 Å². The highest BCUT2D eigenvalue weighted by Crippen LogP contribution is 2.19. The van der Waals surface area contributed by atoms with Crippen LogP contribution in [0.25, 0.3) is 11.4 Å². The van der Waals surface area contributed by atoms with E-state index < -0.39 is 0 Å². The summed E-state index contributed by atoms with van der Waals surface area (Å²) in [6.07, 6.45) is 2.15. The van der Waals surface area contributed by atoms with Crippen molar-refractivity contribution in [3.8, 4) is 11.4 Å². The van der Waals surface area contributed by atoms with E-state index in [1.54, 1.807) is 12.1 Å². The van der Waals surface area contributed by atoms with E-state index in [1.165, 1.54) is 0 Å². The average molecular weight is 320 g/mol. The molecule has 0 bridgehead atoms. The molecule has 0 aliphatic carbocycles. The molecule has 6 nitrogen and oxygen atoms in total. The fraction of sp³-hybridized carbons (Fsp3) is 0.400. The van der Waals surface area contributed by atoms with Crippen LogP contribution in [0.1, 0.15) is 31.6 Å². The summed E-state index contributed by atoms with van der Waals surface area (Å²) in [5, 5.41) is 10.7. The van der Waals surface area contributed by atoms with E-state index in [0.717, 1.165) is 31.5 Å². The Balaban J connectivity index is 1.67. The zero-order valence-electron chi connectivity index (χ0n) is 12.3. The second kappa shape index (κ2) is 6.36. The van der Waals surface area contributed by atoms with Crippen molar-refractivity contribution in [2.45, 2.75) is 25.8 Å². The first-order valence-corrected chi connectivity index (χ1v) is 7.75. The fourth-order valence-electron chi connectivity index (χ4n) is 2.46. The minimum Gasteiger partial charge on any atom is -0.328 e. The summed E-state index contributed by atoms with van der Waals surface area (Å²) in [6.45, 7) is 3.54. The molecule has 1 unspecified atom stereocenters. The van der Waals surface area contributed by atoms with Crippen LogP contribution in [-0.4, -0.2) is 39.2 Å². The van der Waals surface area contributed by atoms with Crippen molar-refractivity contribution in [3.05, 3.63) is 35.1 Å². The molecule has 2 N–H and O–H groups in total. The van der Waals surface area contributed by atoms with Gasteiger partial charge in [-0.05, 0) is 44.0 Å². The van der Waals surface area contributed by atoms with Gasteiger partial charge >= 0.3 is 6.03 Å². The number of carbonyl (C=O) groups excluding carboxylic acids is 1. The average Bonchev–Trinajstić information content (AvgIpc) is 3.20. The van der Waals surface area contributed by atoms with Crippen LogP contribution in [0, 0.1) is 0 Å². The van der Waals surface area contributed by atoms with Crippen molar-refractivity contribution in [3.63, 3.8) is 0 Å². The van der Waals surface area contributed by atoms with Crippen LogP contribution < -0.4 is 5.32 Å². The number of rotatable bonds is 3. The Hall–Kier alpha value is -2.08. The molecular formula is C15H18ClN5O. The van der Waals surface area contributed by atoms with Gasteiger partial charge in [-0.25, -0.2) is 9.78 Å². The number of carbonyl (C=O) groups is 1. The van der Waals surface area contributed by atoms with E-state index in [0.29, 0.717) is 16.7 Å². The highest BCUT2D eigenvalue weighted by atomic mass is 35.5. The van der Waals surface area contributed by atoms with Crippen LogP contribution >= 0.6 is 11.6 Å². The predicted molar refractivity (Wildman–Crippen MR) is 84.6 cm³/mol. The van der Waals surface area contributed by atoms with Gasteiger partial charge in [-0.3, -0.25) is 5.10 Å². The van der Waals surface area contributed by atoms with Crippen molar-refractivity contribution in [2.75, 3.05) is 13.1 Å².